The first kappa shape index (κ1) is 25.8. The highest BCUT2D eigenvalue weighted by atomic mass is 16.4. The van der Waals surface area contributed by atoms with E-state index in [0.717, 1.165) is 0 Å². The molecule has 0 aliphatic rings. The summed E-state index contributed by atoms with van der Waals surface area (Å²) in [5.41, 5.74) is 10.6. The molecule has 13 nitrogen and oxygen atoms in total. The van der Waals surface area contributed by atoms with Crippen molar-refractivity contribution >= 4 is 35.6 Å². The average molecular weight is 417 g/mol. The number of hydrogen-bond donors (Lipinski definition) is 7. The van der Waals surface area contributed by atoms with Gasteiger partial charge in [0.2, 0.25) is 23.6 Å². The first-order valence-electron chi connectivity index (χ1n) is 8.71. The monoisotopic (exact) mass is 417 g/mol. The van der Waals surface area contributed by atoms with Crippen molar-refractivity contribution in [3.63, 3.8) is 0 Å². The Morgan fingerprint density at radius 1 is 0.966 bits per heavy atom. The van der Waals surface area contributed by atoms with Crippen LogP contribution in [-0.4, -0.2) is 70.5 Å². The maximum Gasteiger partial charge on any atom is 0.326 e. The van der Waals surface area contributed by atoms with Crippen molar-refractivity contribution in [1.82, 2.24) is 16.0 Å². The Bertz CT molecular complexity index is 651. The first-order valence-corrected chi connectivity index (χ1v) is 8.71. The lowest BCUT2D eigenvalue weighted by molar-refractivity contribution is -0.143. The lowest BCUT2D eigenvalue weighted by atomic mass is 10.0. The van der Waals surface area contributed by atoms with Crippen molar-refractivity contribution in [2.45, 2.75) is 51.2 Å². The standard InChI is InChI=1S/C16H27N5O8/c1-7(2)13(16(28)29)21-11(23)6-19-15(27)9(5-10(18)22)20-14(26)8(17)3-4-12(24)25/h7-9,13H,3-6,17H2,1-2H3,(H2,18,22)(H,19,27)(H,20,26)(H,21,23)(H,24,25)(H,28,29). The summed E-state index contributed by atoms with van der Waals surface area (Å²) >= 11 is 0. The van der Waals surface area contributed by atoms with Crippen molar-refractivity contribution < 1.29 is 39.0 Å². The number of amides is 4. The molecule has 0 radical (unpaired) electrons. The second-order valence-corrected chi connectivity index (χ2v) is 6.62. The van der Waals surface area contributed by atoms with Gasteiger partial charge in [0, 0.05) is 6.42 Å². The van der Waals surface area contributed by atoms with Crippen molar-refractivity contribution in [3.8, 4) is 0 Å². The maximum atomic E-state index is 12.2. The van der Waals surface area contributed by atoms with Gasteiger partial charge in [-0.1, -0.05) is 13.8 Å². The molecule has 29 heavy (non-hydrogen) atoms. The second-order valence-electron chi connectivity index (χ2n) is 6.62. The molecule has 0 saturated carbocycles. The average Bonchev–Trinajstić information content (AvgIpc) is 2.60. The summed E-state index contributed by atoms with van der Waals surface area (Å²) in [6, 6.07) is -3.84. The summed E-state index contributed by atoms with van der Waals surface area (Å²) in [7, 11) is 0. The maximum absolute atomic E-state index is 12.2. The topological polar surface area (TPSA) is 231 Å². The van der Waals surface area contributed by atoms with Gasteiger partial charge < -0.3 is 37.6 Å². The van der Waals surface area contributed by atoms with Crippen LogP contribution in [0.1, 0.15) is 33.1 Å². The minimum absolute atomic E-state index is 0.194. The summed E-state index contributed by atoms with van der Waals surface area (Å²) in [6.45, 7) is 2.57. The van der Waals surface area contributed by atoms with Gasteiger partial charge in [-0.3, -0.25) is 24.0 Å². The molecule has 0 saturated heterocycles. The zero-order chi connectivity index (χ0) is 22.7. The van der Waals surface area contributed by atoms with Crippen LogP contribution in [0.2, 0.25) is 0 Å². The predicted octanol–water partition coefficient (Wildman–Crippen LogP) is -3.12. The number of rotatable bonds is 13. The van der Waals surface area contributed by atoms with Crippen LogP contribution < -0.4 is 27.4 Å². The van der Waals surface area contributed by atoms with E-state index in [0.29, 0.717) is 0 Å². The summed E-state index contributed by atoms with van der Waals surface area (Å²) < 4.78 is 0. The number of nitrogens with one attached hydrogen (secondary N) is 3. The quantitative estimate of drug-likeness (QED) is 0.160. The van der Waals surface area contributed by atoms with E-state index in [1.807, 2.05) is 0 Å². The fraction of sp³-hybridized carbons (Fsp3) is 0.625. The van der Waals surface area contributed by atoms with Crippen LogP contribution in [-0.2, 0) is 28.8 Å². The number of aliphatic carboxylic acids is 2. The SMILES string of the molecule is CC(C)C(NC(=O)CNC(=O)C(CC(N)=O)NC(=O)C(N)CCC(=O)O)C(=O)O. The Kier molecular flexibility index (Phi) is 10.9. The normalized spacial score (nSPS) is 13.7. The van der Waals surface area contributed by atoms with Gasteiger partial charge >= 0.3 is 11.9 Å². The van der Waals surface area contributed by atoms with E-state index in [1.54, 1.807) is 13.8 Å². The summed E-state index contributed by atoms with van der Waals surface area (Å²) in [6.07, 6.45) is -1.16. The van der Waals surface area contributed by atoms with E-state index in [9.17, 15) is 28.8 Å². The van der Waals surface area contributed by atoms with E-state index in [1.165, 1.54) is 0 Å². The zero-order valence-electron chi connectivity index (χ0n) is 16.1. The minimum Gasteiger partial charge on any atom is -0.481 e. The second kappa shape index (κ2) is 12.3. The Morgan fingerprint density at radius 2 is 1.55 bits per heavy atom. The predicted molar refractivity (Wildman–Crippen MR) is 98.0 cm³/mol. The van der Waals surface area contributed by atoms with E-state index in [4.69, 9.17) is 21.7 Å². The molecular formula is C16H27N5O8. The highest BCUT2D eigenvalue weighted by molar-refractivity contribution is 5.95. The molecule has 0 rings (SSSR count). The summed E-state index contributed by atoms with van der Waals surface area (Å²) in [4.78, 5) is 68.8. The Balaban J connectivity index is 4.85. The van der Waals surface area contributed by atoms with E-state index < -0.39 is 72.6 Å². The Labute approximate surface area is 166 Å². The number of carbonyl (C=O) groups excluding carboxylic acids is 4. The van der Waals surface area contributed by atoms with Crippen LogP contribution >= 0.6 is 0 Å². The lowest BCUT2D eigenvalue weighted by Gasteiger charge is -2.20. The highest BCUT2D eigenvalue weighted by Gasteiger charge is 2.27. The third-order valence-corrected chi connectivity index (χ3v) is 3.72. The fourth-order valence-electron chi connectivity index (χ4n) is 2.13. The number of carboxylic acids is 2. The molecule has 0 aliphatic carbocycles. The molecule has 0 aliphatic heterocycles. The summed E-state index contributed by atoms with van der Waals surface area (Å²) in [5, 5.41) is 24.2. The van der Waals surface area contributed by atoms with Gasteiger partial charge in [-0.15, -0.1) is 0 Å². The number of carboxylic acid groups (broad SMARTS) is 2. The Hall–Kier alpha value is -3.22. The molecular weight excluding hydrogens is 390 g/mol. The van der Waals surface area contributed by atoms with E-state index in [-0.39, 0.29) is 12.8 Å². The third kappa shape index (κ3) is 10.6. The van der Waals surface area contributed by atoms with Gasteiger partial charge in [0.05, 0.1) is 19.0 Å². The van der Waals surface area contributed by atoms with Crippen molar-refractivity contribution in [2.24, 2.45) is 17.4 Å². The van der Waals surface area contributed by atoms with Crippen molar-refractivity contribution in [2.75, 3.05) is 6.54 Å². The fourth-order valence-corrected chi connectivity index (χ4v) is 2.13. The Morgan fingerprint density at radius 3 is 2.00 bits per heavy atom. The van der Waals surface area contributed by atoms with Crippen LogP contribution in [0.15, 0.2) is 0 Å². The smallest absolute Gasteiger partial charge is 0.326 e. The molecule has 0 bridgehead atoms. The number of carbonyl (C=O) groups is 6. The number of primary amides is 1. The molecule has 0 fully saturated rings. The van der Waals surface area contributed by atoms with Crippen LogP contribution in [0.4, 0.5) is 0 Å². The van der Waals surface area contributed by atoms with Crippen LogP contribution in [0, 0.1) is 5.92 Å². The van der Waals surface area contributed by atoms with Gasteiger partial charge in [-0.25, -0.2) is 4.79 Å². The molecule has 0 aromatic carbocycles. The first-order chi connectivity index (χ1) is 13.3. The van der Waals surface area contributed by atoms with E-state index in [2.05, 4.69) is 16.0 Å². The van der Waals surface area contributed by atoms with Gasteiger partial charge in [0.15, 0.2) is 0 Å². The van der Waals surface area contributed by atoms with Gasteiger partial charge in [0.1, 0.15) is 12.1 Å². The number of hydrogen-bond acceptors (Lipinski definition) is 7. The molecule has 3 unspecified atom stereocenters. The number of nitrogens with two attached hydrogens (primary N) is 2. The van der Waals surface area contributed by atoms with Crippen LogP contribution in [0.25, 0.3) is 0 Å². The molecule has 9 N–H and O–H groups in total. The van der Waals surface area contributed by atoms with Gasteiger partial charge in [0.25, 0.3) is 0 Å². The highest BCUT2D eigenvalue weighted by Crippen LogP contribution is 2.01. The molecule has 0 aromatic rings. The molecule has 3 atom stereocenters. The third-order valence-electron chi connectivity index (χ3n) is 3.72. The molecule has 0 spiro atoms. The van der Waals surface area contributed by atoms with Gasteiger partial charge in [-0.2, -0.15) is 0 Å². The molecule has 164 valence electrons. The van der Waals surface area contributed by atoms with Crippen LogP contribution in [0.5, 0.6) is 0 Å². The van der Waals surface area contributed by atoms with Crippen LogP contribution in [0.3, 0.4) is 0 Å². The molecule has 0 aromatic heterocycles. The zero-order valence-corrected chi connectivity index (χ0v) is 16.1. The molecule has 4 amide bonds. The lowest BCUT2D eigenvalue weighted by Crippen LogP contribution is -2.54. The van der Waals surface area contributed by atoms with Crippen molar-refractivity contribution in [1.29, 1.82) is 0 Å². The van der Waals surface area contributed by atoms with Gasteiger partial charge in [-0.05, 0) is 12.3 Å². The van der Waals surface area contributed by atoms with E-state index >= 15 is 0 Å². The minimum atomic E-state index is -1.44. The molecule has 0 heterocycles. The summed E-state index contributed by atoms with van der Waals surface area (Å²) in [5.74, 6) is -6.31. The molecule has 13 heteroatoms. The largest absolute Gasteiger partial charge is 0.481 e. The van der Waals surface area contributed by atoms with Crippen molar-refractivity contribution in [3.05, 3.63) is 0 Å².